The first-order valence-electron chi connectivity index (χ1n) is 7.63. The molecule has 1 aromatic rings. The zero-order valence-corrected chi connectivity index (χ0v) is 12.3. The number of rotatable bonds is 4. The zero-order chi connectivity index (χ0) is 15.4. The van der Waals surface area contributed by atoms with Gasteiger partial charge in [-0.3, -0.25) is 9.59 Å². The van der Waals surface area contributed by atoms with Crippen LogP contribution in [0.2, 0.25) is 0 Å². The second kappa shape index (κ2) is 6.79. The molecule has 6 nitrogen and oxygen atoms in total. The van der Waals surface area contributed by atoms with Gasteiger partial charge in [-0.15, -0.1) is 0 Å². The van der Waals surface area contributed by atoms with Crippen molar-refractivity contribution in [2.24, 2.45) is 5.92 Å². The number of benzene rings is 1. The van der Waals surface area contributed by atoms with Crippen LogP contribution in [0.4, 0.5) is 5.69 Å². The van der Waals surface area contributed by atoms with Crippen LogP contribution in [-0.4, -0.2) is 37.7 Å². The lowest BCUT2D eigenvalue weighted by Crippen LogP contribution is -2.38. The minimum Gasteiger partial charge on any atom is -0.486 e. The molecular weight excluding hydrogens is 284 g/mol. The number of para-hydroxylation sites is 2. The van der Waals surface area contributed by atoms with Crippen LogP contribution in [0, 0.1) is 5.92 Å². The van der Waals surface area contributed by atoms with Crippen molar-refractivity contribution in [3.8, 4) is 5.75 Å². The van der Waals surface area contributed by atoms with Crippen molar-refractivity contribution in [2.75, 3.05) is 25.1 Å². The molecule has 0 aliphatic carbocycles. The topological polar surface area (TPSA) is 76.7 Å². The van der Waals surface area contributed by atoms with Crippen molar-refractivity contribution in [3.63, 3.8) is 0 Å². The summed E-state index contributed by atoms with van der Waals surface area (Å²) in [5.74, 6) is 0.163. The average Bonchev–Trinajstić information content (AvgIpc) is 3.02. The monoisotopic (exact) mass is 304 g/mol. The van der Waals surface area contributed by atoms with Crippen LogP contribution < -0.4 is 15.4 Å². The molecule has 1 aromatic carbocycles. The number of ether oxygens (including phenoxy) is 2. The minimum absolute atomic E-state index is 0.0264. The third kappa shape index (κ3) is 3.57. The van der Waals surface area contributed by atoms with Gasteiger partial charge >= 0.3 is 0 Å². The standard InChI is InChI=1S/C16H20N2O4/c19-15-9-11(5-7-17-15)16(20)18-13-3-1-2-4-14(13)22-12-6-8-21-10-12/h1-4,11-12H,5-10H2,(H,17,19)(H,18,20). The Morgan fingerprint density at radius 1 is 1.32 bits per heavy atom. The summed E-state index contributed by atoms with van der Waals surface area (Å²) in [7, 11) is 0. The number of nitrogens with one attached hydrogen (secondary N) is 2. The van der Waals surface area contributed by atoms with Crippen LogP contribution in [0.3, 0.4) is 0 Å². The molecule has 0 bridgehead atoms. The lowest BCUT2D eigenvalue weighted by atomic mass is 9.96. The Balaban J connectivity index is 1.66. The van der Waals surface area contributed by atoms with Crippen LogP contribution in [0.25, 0.3) is 0 Å². The lowest BCUT2D eigenvalue weighted by Gasteiger charge is -2.22. The average molecular weight is 304 g/mol. The van der Waals surface area contributed by atoms with E-state index in [1.807, 2.05) is 24.3 Å². The van der Waals surface area contributed by atoms with E-state index in [9.17, 15) is 9.59 Å². The van der Waals surface area contributed by atoms with E-state index in [1.54, 1.807) is 0 Å². The summed E-state index contributed by atoms with van der Waals surface area (Å²) in [6.07, 6.45) is 1.78. The van der Waals surface area contributed by atoms with E-state index >= 15 is 0 Å². The van der Waals surface area contributed by atoms with E-state index in [0.29, 0.717) is 37.6 Å². The molecular formula is C16H20N2O4. The highest BCUT2D eigenvalue weighted by Crippen LogP contribution is 2.27. The zero-order valence-electron chi connectivity index (χ0n) is 12.3. The van der Waals surface area contributed by atoms with Gasteiger partial charge in [0.05, 0.1) is 18.9 Å². The van der Waals surface area contributed by atoms with E-state index in [2.05, 4.69) is 10.6 Å². The molecule has 22 heavy (non-hydrogen) atoms. The van der Waals surface area contributed by atoms with Crippen molar-refractivity contribution in [1.82, 2.24) is 5.32 Å². The summed E-state index contributed by atoms with van der Waals surface area (Å²) in [5.41, 5.74) is 0.644. The molecule has 2 saturated heterocycles. The van der Waals surface area contributed by atoms with Crippen LogP contribution in [-0.2, 0) is 14.3 Å². The van der Waals surface area contributed by atoms with Crippen molar-refractivity contribution >= 4 is 17.5 Å². The summed E-state index contributed by atoms with van der Waals surface area (Å²) in [6.45, 7) is 1.83. The Morgan fingerprint density at radius 3 is 2.95 bits per heavy atom. The maximum absolute atomic E-state index is 12.3. The van der Waals surface area contributed by atoms with Gasteiger partial charge in [-0.1, -0.05) is 12.1 Å². The smallest absolute Gasteiger partial charge is 0.228 e. The fraction of sp³-hybridized carbons (Fsp3) is 0.500. The second-order valence-corrected chi connectivity index (χ2v) is 5.63. The predicted octanol–water partition coefficient (Wildman–Crippen LogP) is 1.32. The Morgan fingerprint density at radius 2 is 2.18 bits per heavy atom. The van der Waals surface area contributed by atoms with E-state index < -0.39 is 0 Å². The van der Waals surface area contributed by atoms with Gasteiger partial charge in [-0.2, -0.15) is 0 Å². The van der Waals surface area contributed by atoms with Gasteiger partial charge in [0.1, 0.15) is 11.9 Å². The number of amides is 2. The molecule has 0 saturated carbocycles. The van der Waals surface area contributed by atoms with Crippen molar-refractivity contribution in [1.29, 1.82) is 0 Å². The first-order chi connectivity index (χ1) is 10.7. The number of anilines is 1. The van der Waals surface area contributed by atoms with E-state index in [1.165, 1.54) is 0 Å². The Labute approximate surface area is 129 Å². The quantitative estimate of drug-likeness (QED) is 0.879. The fourth-order valence-corrected chi connectivity index (χ4v) is 2.70. The third-order valence-electron chi connectivity index (χ3n) is 3.94. The normalized spacial score (nSPS) is 24.6. The van der Waals surface area contributed by atoms with Gasteiger partial charge in [-0.25, -0.2) is 0 Å². The van der Waals surface area contributed by atoms with E-state index in [0.717, 1.165) is 6.42 Å². The SMILES string of the molecule is O=C1CC(C(=O)Nc2ccccc2OC2CCOC2)CCN1. The van der Waals surface area contributed by atoms with E-state index in [-0.39, 0.29) is 30.3 Å². The summed E-state index contributed by atoms with van der Waals surface area (Å²) in [6, 6.07) is 7.36. The van der Waals surface area contributed by atoms with Crippen LogP contribution in [0.1, 0.15) is 19.3 Å². The summed E-state index contributed by atoms with van der Waals surface area (Å²) in [5, 5.41) is 5.62. The Kier molecular flexibility index (Phi) is 4.58. The van der Waals surface area contributed by atoms with Crippen LogP contribution in [0.5, 0.6) is 5.75 Å². The number of piperidine rings is 1. The Bertz CT molecular complexity index is 555. The van der Waals surface area contributed by atoms with Crippen molar-refractivity contribution < 1.29 is 19.1 Å². The van der Waals surface area contributed by atoms with Gasteiger partial charge < -0.3 is 20.1 Å². The molecule has 2 aliphatic heterocycles. The first kappa shape index (κ1) is 14.8. The molecule has 3 rings (SSSR count). The molecule has 2 fully saturated rings. The minimum atomic E-state index is -0.281. The second-order valence-electron chi connectivity index (χ2n) is 5.63. The van der Waals surface area contributed by atoms with Gasteiger partial charge in [-0.05, 0) is 18.6 Å². The molecule has 2 heterocycles. The van der Waals surface area contributed by atoms with Crippen LogP contribution in [0.15, 0.2) is 24.3 Å². The van der Waals surface area contributed by atoms with Crippen LogP contribution >= 0.6 is 0 Å². The molecule has 0 radical (unpaired) electrons. The first-order valence-corrected chi connectivity index (χ1v) is 7.63. The number of carbonyl (C=O) groups excluding carboxylic acids is 2. The van der Waals surface area contributed by atoms with E-state index in [4.69, 9.17) is 9.47 Å². The summed E-state index contributed by atoms with van der Waals surface area (Å²) < 4.78 is 11.2. The lowest BCUT2D eigenvalue weighted by molar-refractivity contribution is -0.129. The fourth-order valence-electron chi connectivity index (χ4n) is 2.70. The van der Waals surface area contributed by atoms with Gasteiger partial charge in [0, 0.05) is 25.3 Å². The van der Waals surface area contributed by atoms with Gasteiger partial charge in [0.25, 0.3) is 0 Å². The maximum Gasteiger partial charge on any atom is 0.228 e. The van der Waals surface area contributed by atoms with Gasteiger partial charge in [0.2, 0.25) is 11.8 Å². The van der Waals surface area contributed by atoms with Crippen molar-refractivity contribution in [2.45, 2.75) is 25.4 Å². The molecule has 2 atom stereocenters. The molecule has 0 aromatic heterocycles. The third-order valence-corrected chi connectivity index (χ3v) is 3.94. The van der Waals surface area contributed by atoms with Crippen molar-refractivity contribution in [3.05, 3.63) is 24.3 Å². The largest absolute Gasteiger partial charge is 0.486 e. The molecule has 118 valence electrons. The Hall–Kier alpha value is -2.08. The molecule has 2 amide bonds. The highest BCUT2D eigenvalue weighted by Gasteiger charge is 2.26. The molecule has 2 aliphatic rings. The number of hydrogen-bond donors (Lipinski definition) is 2. The highest BCUT2D eigenvalue weighted by atomic mass is 16.5. The predicted molar refractivity (Wildman–Crippen MR) is 80.7 cm³/mol. The number of carbonyl (C=O) groups is 2. The number of hydrogen-bond acceptors (Lipinski definition) is 4. The summed E-state index contributed by atoms with van der Waals surface area (Å²) >= 11 is 0. The highest BCUT2D eigenvalue weighted by molar-refractivity contribution is 5.96. The maximum atomic E-state index is 12.3. The summed E-state index contributed by atoms with van der Waals surface area (Å²) in [4.78, 5) is 23.7. The van der Waals surface area contributed by atoms with Gasteiger partial charge in [0.15, 0.2) is 0 Å². The molecule has 2 N–H and O–H groups in total. The molecule has 6 heteroatoms. The molecule has 0 spiro atoms. The molecule has 2 unspecified atom stereocenters.